The highest BCUT2D eigenvalue weighted by atomic mass is 16.5. The molecule has 2 N–H and O–H groups in total. The predicted octanol–water partition coefficient (Wildman–Crippen LogP) is 1.16. The Hall–Kier alpha value is -1.03. The molecule has 66 valence electrons. The first-order valence-electron chi connectivity index (χ1n) is 4.27. The summed E-state index contributed by atoms with van der Waals surface area (Å²) in [5.41, 5.74) is 6.24. The van der Waals surface area contributed by atoms with Crippen LogP contribution >= 0.6 is 0 Å². The molecule has 12 heavy (non-hydrogen) atoms. The van der Waals surface area contributed by atoms with Crippen LogP contribution in [0.5, 0.6) is 0 Å². The maximum absolute atomic E-state index is 5.55. The zero-order valence-electron chi connectivity index (χ0n) is 6.94. The van der Waals surface area contributed by atoms with Crippen molar-refractivity contribution in [3.05, 3.63) is 12.4 Å². The Bertz CT molecular complexity index is 253. The van der Waals surface area contributed by atoms with Gasteiger partial charge in [0.05, 0.1) is 18.1 Å². The molecule has 1 atom stereocenters. The second-order valence-corrected chi connectivity index (χ2v) is 3.07. The van der Waals surface area contributed by atoms with Crippen LogP contribution in [0.15, 0.2) is 12.4 Å². The Kier molecular flexibility index (Phi) is 1.99. The second-order valence-electron chi connectivity index (χ2n) is 3.07. The first-order valence-corrected chi connectivity index (χ1v) is 4.27. The minimum atomic E-state index is 0.107. The van der Waals surface area contributed by atoms with Crippen molar-refractivity contribution in [2.75, 3.05) is 12.3 Å². The van der Waals surface area contributed by atoms with Crippen molar-refractivity contribution in [2.45, 2.75) is 25.5 Å². The van der Waals surface area contributed by atoms with Gasteiger partial charge in [-0.15, -0.1) is 0 Å². The van der Waals surface area contributed by atoms with E-state index in [1.165, 1.54) is 6.42 Å². The lowest BCUT2D eigenvalue weighted by atomic mass is 10.2. The van der Waals surface area contributed by atoms with Gasteiger partial charge in [-0.1, -0.05) is 0 Å². The number of aromatic nitrogens is 2. The van der Waals surface area contributed by atoms with Gasteiger partial charge in [-0.3, -0.25) is 0 Å². The number of hydrogen-bond donors (Lipinski definition) is 1. The molecular weight excluding hydrogens is 154 g/mol. The summed E-state index contributed by atoms with van der Waals surface area (Å²) < 4.78 is 7.32. The van der Waals surface area contributed by atoms with Crippen LogP contribution in [0.3, 0.4) is 0 Å². The minimum Gasteiger partial charge on any atom is -0.396 e. The van der Waals surface area contributed by atoms with E-state index in [0.29, 0.717) is 5.69 Å². The fourth-order valence-electron chi connectivity index (χ4n) is 1.44. The molecule has 0 bridgehead atoms. The summed E-state index contributed by atoms with van der Waals surface area (Å²) in [6.07, 6.45) is 6.99. The van der Waals surface area contributed by atoms with Crippen molar-refractivity contribution in [3.8, 4) is 0 Å². The van der Waals surface area contributed by atoms with Crippen molar-refractivity contribution < 1.29 is 4.74 Å². The molecule has 0 unspecified atom stereocenters. The van der Waals surface area contributed by atoms with Crippen LogP contribution in [0, 0.1) is 0 Å². The number of hydrogen-bond acceptors (Lipinski definition) is 3. The van der Waals surface area contributed by atoms with Gasteiger partial charge in [0.15, 0.2) is 0 Å². The summed E-state index contributed by atoms with van der Waals surface area (Å²) in [7, 11) is 0. The fraction of sp³-hybridized carbons (Fsp3) is 0.625. The van der Waals surface area contributed by atoms with Gasteiger partial charge >= 0.3 is 0 Å². The third-order valence-electron chi connectivity index (χ3n) is 2.07. The van der Waals surface area contributed by atoms with Crippen molar-refractivity contribution >= 4 is 5.69 Å². The molecule has 4 heteroatoms. The van der Waals surface area contributed by atoms with Crippen molar-refractivity contribution in [1.82, 2.24) is 9.78 Å². The average Bonchev–Trinajstić information content (AvgIpc) is 2.54. The highest BCUT2D eigenvalue weighted by Gasteiger charge is 2.15. The van der Waals surface area contributed by atoms with Crippen LogP contribution in [-0.4, -0.2) is 16.4 Å². The van der Waals surface area contributed by atoms with E-state index >= 15 is 0 Å². The van der Waals surface area contributed by atoms with Crippen molar-refractivity contribution in [2.24, 2.45) is 0 Å². The highest BCUT2D eigenvalue weighted by molar-refractivity contribution is 5.30. The first kappa shape index (κ1) is 7.61. The molecule has 2 rings (SSSR count). The van der Waals surface area contributed by atoms with E-state index in [-0.39, 0.29) is 6.23 Å². The number of nitrogens with zero attached hydrogens (tertiary/aromatic N) is 2. The van der Waals surface area contributed by atoms with Gasteiger partial charge in [0.2, 0.25) is 0 Å². The molecule has 0 radical (unpaired) electrons. The number of ether oxygens (including phenoxy) is 1. The van der Waals surface area contributed by atoms with E-state index < -0.39 is 0 Å². The number of nitrogen functional groups attached to an aromatic ring is 1. The van der Waals surface area contributed by atoms with Crippen LogP contribution < -0.4 is 5.73 Å². The third kappa shape index (κ3) is 1.43. The number of anilines is 1. The Morgan fingerprint density at radius 1 is 1.58 bits per heavy atom. The summed E-state index contributed by atoms with van der Waals surface area (Å²) in [5, 5.41) is 4.11. The lowest BCUT2D eigenvalue weighted by molar-refractivity contribution is -0.0394. The third-order valence-corrected chi connectivity index (χ3v) is 2.07. The number of rotatable bonds is 1. The van der Waals surface area contributed by atoms with Crippen LogP contribution in [-0.2, 0) is 4.74 Å². The van der Waals surface area contributed by atoms with E-state index in [9.17, 15) is 0 Å². The molecule has 1 aliphatic heterocycles. The minimum absolute atomic E-state index is 0.107. The molecule has 1 fully saturated rings. The quantitative estimate of drug-likeness (QED) is 0.683. The smallest absolute Gasteiger partial charge is 0.150 e. The van der Waals surface area contributed by atoms with E-state index in [4.69, 9.17) is 10.5 Å². The van der Waals surface area contributed by atoms with E-state index in [0.717, 1.165) is 19.4 Å². The standard InChI is InChI=1S/C8H13N3O/c9-7-5-10-11(6-7)8-3-1-2-4-12-8/h5-6,8H,1-4,9H2/t8-/m0/s1. The SMILES string of the molecule is Nc1cnn([C@@H]2CCCCO2)c1. The Labute approximate surface area is 71.3 Å². The molecule has 2 heterocycles. The average molecular weight is 167 g/mol. The summed E-state index contributed by atoms with van der Waals surface area (Å²) in [5.74, 6) is 0. The molecule has 0 spiro atoms. The van der Waals surface area contributed by atoms with Gasteiger partial charge in [-0.2, -0.15) is 5.10 Å². The molecule has 4 nitrogen and oxygen atoms in total. The van der Waals surface area contributed by atoms with Crippen molar-refractivity contribution in [1.29, 1.82) is 0 Å². The Balaban J connectivity index is 2.08. The zero-order valence-corrected chi connectivity index (χ0v) is 6.94. The maximum atomic E-state index is 5.55. The van der Waals surface area contributed by atoms with Gasteiger partial charge in [-0.05, 0) is 19.3 Å². The van der Waals surface area contributed by atoms with Gasteiger partial charge < -0.3 is 10.5 Å². The fourth-order valence-corrected chi connectivity index (χ4v) is 1.44. The normalized spacial score (nSPS) is 24.2. The molecule has 0 aromatic carbocycles. The molecule has 0 amide bonds. The molecular formula is C8H13N3O. The van der Waals surface area contributed by atoms with E-state index in [2.05, 4.69) is 5.10 Å². The zero-order chi connectivity index (χ0) is 8.39. The van der Waals surface area contributed by atoms with Crippen LogP contribution in [0.25, 0.3) is 0 Å². The van der Waals surface area contributed by atoms with Crippen molar-refractivity contribution in [3.63, 3.8) is 0 Å². The first-order chi connectivity index (χ1) is 5.86. The number of nitrogens with two attached hydrogens (primary N) is 1. The summed E-state index contributed by atoms with van der Waals surface area (Å²) in [4.78, 5) is 0. The molecule has 1 aliphatic rings. The Morgan fingerprint density at radius 2 is 2.50 bits per heavy atom. The topological polar surface area (TPSA) is 53.1 Å². The van der Waals surface area contributed by atoms with Crippen LogP contribution in [0.1, 0.15) is 25.5 Å². The monoisotopic (exact) mass is 167 g/mol. The van der Waals surface area contributed by atoms with Gasteiger partial charge in [0.25, 0.3) is 0 Å². The van der Waals surface area contributed by atoms with Gasteiger partial charge in [-0.25, -0.2) is 4.68 Å². The maximum Gasteiger partial charge on any atom is 0.150 e. The highest BCUT2D eigenvalue weighted by Crippen LogP contribution is 2.21. The summed E-state index contributed by atoms with van der Waals surface area (Å²) >= 11 is 0. The molecule has 0 saturated carbocycles. The molecule has 0 aliphatic carbocycles. The largest absolute Gasteiger partial charge is 0.396 e. The predicted molar refractivity (Wildman–Crippen MR) is 45.5 cm³/mol. The molecule has 1 saturated heterocycles. The van der Waals surface area contributed by atoms with E-state index in [1.54, 1.807) is 10.9 Å². The van der Waals surface area contributed by atoms with Crippen LogP contribution in [0.2, 0.25) is 0 Å². The summed E-state index contributed by atoms with van der Waals surface area (Å²) in [6.45, 7) is 0.838. The molecule has 1 aromatic rings. The Morgan fingerprint density at radius 3 is 3.08 bits per heavy atom. The van der Waals surface area contributed by atoms with Gasteiger partial charge in [0.1, 0.15) is 6.23 Å². The van der Waals surface area contributed by atoms with E-state index in [1.807, 2.05) is 6.20 Å². The lowest BCUT2D eigenvalue weighted by Crippen LogP contribution is -2.18. The van der Waals surface area contributed by atoms with Gasteiger partial charge in [0, 0.05) is 6.61 Å². The second kappa shape index (κ2) is 3.15. The summed E-state index contributed by atoms with van der Waals surface area (Å²) in [6, 6.07) is 0. The molecule has 1 aromatic heterocycles. The lowest BCUT2D eigenvalue weighted by Gasteiger charge is -2.22. The van der Waals surface area contributed by atoms with Crippen LogP contribution in [0.4, 0.5) is 5.69 Å².